The monoisotopic (exact) mass is 360 g/mol. The van der Waals surface area contributed by atoms with Crippen molar-refractivity contribution in [3.63, 3.8) is 0 Å². The third kappa shape index (κ3) is 7.86. The van der Waals surface area contributed by atoms with E-state index in [0.29, 0.717) is 0 Å². The molecule has 0 aliphatic heterocycles. The van der Waals surface area contributed by atoms with Gasteiger partial charge in [-0.05, 0) is 0 Å². The van der Waals surface area contributed by atoms with Gasteiger partial charge in [-0.15, -0.1) is 0 Å². The van der Waals surface area contributed by atoms with Gasteiger partial charge in [-0.1, -0.05) is 0 Å². The Morgan fingerprint density at radius 2 is 1.17 bits per heavy atom. The van der Waals surface area contributed by atoms with Crippen LogP contribution in [0.1, 0.15) is 79.6 Å². The standard InChI is InChI=1S/C5H9.3C4H9.Sn/c1-4-5(2)3;3*1-3-4-2;/h2H,4H2,1,3H3;3*1,3-4H2,2H3;. The van der Waals surface area contributed by atoms with Crippen LogP contribution in [0.2, 0.25) is 13.3 Å². The molecule has 0 aromatic heterocycles. The first-order valence-corrected chi connectivity index (χ1v) is 16.0. The molecule has 18 heavy (non-hydrogen) atoms. The van der Waals surface area contributed by atoms with E-state index < -0.39 is 18.4 Å². The molecule has 108 valence electrons. The van der Waals surface area contributed by atoms with Gasteiger partial charge in [0.15, 0.2) is 0 Å². The fourth-order valence-corrected chi connectivity index (χ4v) is 18.8. The molecule has 0 unspecified atom stereocenters. The van der Waals surface area contributed by atoms with E-state index in [1.54, 1.807) is 18.9 Å². The Balaban J connectivity index is 4.84. The Hall–Kier alpha value is 0.539. The number of hydrogen-bond donors (Lipinski definition) is 0. The normalized spacial score (nSPS) is 13.1. The van der Waals surface area contributed by atoms with Crippen LogP contribution in [0.3, 0.4) is 0 Å². The first-order chi connectivity index (χ1) is 8.64. The van der Waals surface area contributed by atoms with Crippen LogP contribution < -0.4 is 0 Å². The molecular weight excluding hydrogens is 323 g/mol. The Labute approximate surface area is 121 Å². The van der Waals surface area contributed by atoms with Crippen LogP contribution in [-0.4, -0.2) is 18.4 Å². The molecule has 0 atom stereocenters. The van der Waals surface area contributed by atoms with Crippen molar-refractivity contribution in [3.8, 4) is 0 Å². The van der Waals surface area contributed by atoms with E-state index in [-0.39, 0.29) is 0 Å². The van der Waals surface area contributed by atoms with E-state index in [9.17, 15) is 0 Å². The fraction of sp³-hybridized carbons (Fsp3) is 0.882. The minimum atomic E-state index is -1.93. The molecule has 0 fully saturated rings. The minimum absolute atomic E-state index is 1.27. The number of hydrogen-bond acceptors (Lipinski definition) is 0. The van der Waals surface area contributed by atoms with Gasteiger partial charge >= 0.3 is 121 Å². The summed E-state index contributed by atoms with van der Waals surface area (Å²) in [4.78, 5) is 0. The third-order valence-electron chi connectivity index (χ3n) is 4.19. The van der Waals surface area contributed by atoms with E-state index >= 15 is 0 Å². The molecule has 0 aromatic carbocycles. The molecule has 0 amide bonds. The maximum atomic E-state index is 2.86. The van der Waals surface area contributed by atoms with Crippen molar-refractivity contribution in [3.05, 3.63) is 9.67 Å². The summed E-state index contributed by atoms with van der Waals surface area (Å²) in [5.74, 6) is 0. The molecule has 1 heteroatoms. The van der Waals surface area contributed by atoms with E-state index in [1.807, 2.05) is 0 Å². The van der Waals surface area contributed by atoms with Crippen molar-refractivity contribution >= 4 is 18.4 Å². The maximum absolute atomic E-state index is 2.86. The molecule has 0 rings (SSSR count). The molecule has 0 aliphatic carbocycles. The van der Waals surface area contributed by atoms with Gasteiger partial charge in [0.25, 0.3) is 0 Å². The number of unbranched alkanes of at least 4 members (excludes halogenated alkanes) is 3. The topological polar surface area (TPSA) is 0 Å². The molecule has 0 heterocycles. The summed E-state index contributed by atoms with van der Waals surface area (Å²) < 4.78 is 7.70. The van der Waals surface area contributed by atoms with E-state index in [4.69, 9.17) is 0 Å². The van der Waals surface area contributed by atoms with Gasteiger partial charge in [-0.2, -0.15) is 0 Å². The Kier molecular flexibility index (Phi) is 11.7. The Morgan fingerprint density at radius 1 is 0.778 bits per heavy atom. The van der Waals surface area contributed by atoms with Gasteiger partial charge in [-0.3, -0.25) is 0 Å². The first-order valence-electron chi connectivity index (χ1n) is 8.32. The average molecular weight is 359 g/mol. The van der Waals surface area contributed by atoms with E-state index in [0.717, 1.165) is 0 Å². The van der Waals surface area contributed by atoms with Crippen LogP contribution in [0.4, 0.5) is 0 Å². The molecule has 0 bridgehead atoms. The summed E-state index contributed by atoms with van der Waals surface area (Å²) in [7, 11) is 0. The van der Waals surface area contributed by atoms with Crippen LogP contribution in [0.25, 0.3) is 0 Å². The summed E-state index contributed by atoms with van der Waals surface area (Å²) in [5, 5.41) is 0. The van der Waals surface area contributed by atoms with Crippen LogP contribution in [0, 0.1) is 0 Å². The quantitative estimate of drug-likeness (QED) is 0.359. The summed E-state index contributed by atoms with van der Waals surface area (Å²) in [6, 6.07) is 0. The third-order valence-corrected chi connectivity index (χ3v) is 18.9. The number of rotatable bonds is 11. The summed E-state index contributed by atoms with van der Waals surface area (Å²) >= 11 is -1.93. The van der Waals surface area contributed by atoms with Gasteiger partial charge in [0.1, 0.15) is 0 Å². The van der Waals surface area contributed by atoms with Gasteiger partial charge in [0.05, 0.1) is 0 Å². The SMILES string of the molecule is CCC[CH2][Sn](/[CH]=C(\C)CC)([CH2]CCC)[CH2]CCC. The molecule has 0 aliphatic rings. The van der Waals surface area contributed by atoms with E-state index in [2.05, 4.69) is 38.7 Å². The van der Waals surface area contributed by atoms with Gasteiger partial charge in [-0.25, -0.2) is 0 Å². The van der Waals surface area contributed by atoms with Crippen LogP contribution in [0.15, 0.2) is 9.67 Å². The van der Waals surface area contributed by atoms with Crippen molar-refractivity contribution in [1.82, 2.24) is 0 Å². The molecule has 0 saturated heterocycles. The zero-order valence-electron chi connectivity index (χ0n) is 13.6. The Morgan fingerprint density at radius 3 is 1.44 bits per heavy atom. The van der Waals surface area contributed by atoms with Gasteiger partial charge in [0.2, 0.25) is 0 Å². The molecule has 0 aromatic rings. The second-order valence-electron chi connectivity index (χ2n) is 6.02. The van der Waals surface area contributed by atoms with Crippen LogP contribution in [0.5, 0.6) is 0 Å². The first kappa shape index (κ1) is 18.5. The molecule has 0 radical (unpaired) electrons. The zero-order valence-corrected chi connectivity index (χ0v) is 16.5. The zero-order chi connectivity index (χ0) is 13.9. The van der Waals surface area contributed by atoms with Crippen LogP contribution in [-0.2, 0) is 0 Å². The van der Waals surface area contributed by atoms with Crippen LogP contribution >= 0.6 is 0 Å². The predicted molar refractivity (Wildman–Crippen MR) is 88.9 cm³/mol. The van der Waals surface area contributed by atoms with Gasteiger partial charge in [0, 0.05) is 0 Å². The van der Waals surface area contributed by atoms with Crippen molar-refractivity contribution in [2.24, 2.45) is 0 Å². The molecule has 0 spiro atoms. The van der Waals surface area contributed by atoms with Crippen molar-refractivity contribution in [1.29, 1.82) is 0 Å². The van der Waals surface area contributed by atoms with E-state index in [1.165, 1.54) is 44.9 Å². The second-order valence-corrected chi connectivity index (χ2v) is 18.9. The molecule has 0 N–H and O–H groups in total. The molecule has 0 saturated carbocycles. The number of allylic oxidation sites excluding steroid dienone is 1. The molecule has 0 nitrogen and oxygen atoms in total. The Bertz CT molecular complexity index is 196. The summed E-state index contributed by atoms with van der Waals surface area (Å²) in [6.07, 6.45) is 9.87. The van der Waals surface area contributed by atoms with Gasteiger partial charge < -0.3 is 0 Å². The predicted octanol–water partition coefficient (Wildman–Crippen LogP) is 6.73. The molecular formula is C17H36Sn. The fourth-order valence-electron chi connectivity index (χ4n) is 2.80. The van der Waals surface area contributed by atoms with Crippen molar-refractivity contribution in [2.45, 2.75) is 92.9 Å². The average Bonchev–Trinajstić information content (AvgIpc) is 2.40. The van der Waals surface area contributed by atoms with Crippen molar-refractivity contribution < 1.29 is 0 Å². The summed E-state index contributed by atoms with van der Waals surface area (Å²) in [6.45, 7) is 11.8. The summed E-state index contributed by atoms with van der Waals surface area (Å²) in [5.41, 5.74) is 1.69. The van der Waals surface area contributed by atoms with Crippen molar-refractivity contribution in [2.75, 3.05) is 0 Å². The second kappa shape index (κ2) is 11.4.